The molecule has 6 heteroatoms. The van der Waals surface area contributed by atoms with E-state index >= 15 is 0 Å². The summed E-state index contributed by atoms with van der Waals surface area (Å²) in [5.41, 5.74) is 3.65. The molecule has 2 heterocycles. The summed E-state index contributed by atoms with van der Waals surface area (Å²) in [6.07, 6.45) is 0. The van der Waals surface area contributed by atoms with Gasteiger partial charge in [-0.15, -0.1) is 0 Å². The smallest absolute Gasteiger partial charge is 0.267 e. The maximum atomic E-state index is 12.3. The summed E-state index contributed by atoms with van der Waals surface area (Å²) in [7, 11) is 0. The fourth-order valence-electron chi connectivity index (χ4n) is 2.85. The highest BCUT2D eigenvalue weighted by atomic mass is 16.5. The molecular formula is C18H21N3O3. The van der Waals surface area contributed by atoms with Crippen molar-refractivity contribution in [1.29, 1.82) is 0 Å². The number of rotatable bonds is 3. The molecule has 1 fully saturated rings. The van der Waals surface area contributed by atoms with Crippen LogP contribution in [0.4, 0.5) is 0 Å². The van der Waals surface area contributed by atoms with Gasteiger partial charge in [0.1, 0.15) is 6.54 Å². The van der Waals surface area contributed by atoms with Crippen LogP contribution in [0, 0.1) is 13.8 Å². The summed E-state index contributed by atoms with van der Waals surface area (Å²) < 4.78 is 6.49. The third-order valence-electron chi connectivity index (χ3n) is 4.17. The minimum Gasteiger partial charge on any atom is -0.378 e. The van der Waals surface area contributed by atoms with Gasteiger partial charge in [-0.25, -0.2) is 4.68 Å². The molecule has 1 aromatic carbocycles. The highest BCUT2D eigenvalue weighted by molar-refractivity contribution is 5.76. The Morgan fingerprint density at radius 1 is 1.17 bits per heavy atom. The van der Waals surface area contributed by atoms with E-state index in [1.807, 2.05) is 26.0 Å². The number of nitrogens with zero attached hydrogens (tertiary/aromatic N) is 3. The van der Waals surface area contributed by atoms with E-state index in [1.54, 1.807) is 11.0 Å². The Bertz CT molecular complexity index is 807. The number of hydrogen-bond acceptors (Lipinski definition) is 4. The second kappa shape index (κ2) is 6.97. The minimum atomic E-state index is -0.273. The molecule has 6 nitrogen and oxygen atoms in total. The number of benzene rings is 1. The van der Waals surface area contributed by atoms with E-state index in [-0.39, 0.29) is 18.0 Å². The van der Waals surface area contributed by atoms with E-state index in [2.05, 4.69) is 11.2 Å². The van der Waals surface area contributed by atoms with Crippen molar-refractivity contribution in [1.82, 2.24) is 14.7 Å². The Kier molecular flexibility index (Phi) is 4.76. The standard InChI is InChI=1S/C18H21N3O3/c1-13-3-4-15(14(2)11-13)16-5-6-17(22)21(19-16)12-18(23)20-7-9-24-10-8-20/h3-6,11H,7-10,12H2,1-2H3. The third-order valence-corrected chi connectivity index (χ3v) is 4.17. The first-order chi connectivity index (χ1) is 11.5. The van der Waals surface area contributed by atoms with Crippen LogP contribution in [0.1, 0.15) is 11.1 Å². The molecule has 0 N–H and O–H groups in total. The molecule has 0 bridgehead atoms. The van der Waals surface area contributed by atoms with Crippen LogP contribution >= 0.6 is 0 Å². The van der Waals surface area contributed by atoms with E-state index in [1.165, 1.54) is 16.3 Å². The molecule has 0 unspecified atom stereocenters. The van der Waals surface area contributed by atoms with E-state index in [0.717, 1.165) is 11.1 Å². The molecule has 1 saturated heterocycles. The highest BCUT2D eigenvalue weighted by Gasteiger charge is 2.18. The van der Waals surface area contributed by atoms with Gasteiger partial charge in [0, 0.05) is 24.7 Å². The van der Waals surface area contributed by atoms with Crippen LogP contribution in [-0.4, -0.2) is 46.9 Å². The van der Waals surface area contributed by atoms with E-state index in [9.17, 15) is 9.59 Å². The molecule has 0 atom stereocenters. The maximum Gasteiger partial charge on any atom is 0.267 e. The topological polar surface area (TPSA) is 64.4 Å². The zero-order chi connectivity index (χ0) is 17.1. The van der Waals surface area contributed by atoms with Crippen molar-refractivity contribution in [3.05, 3.63) is 51.8 Å². The van der Waals surface area contributed by atoms with E-state index in [4.69, 9.17) is 4.74 Å². The number of aryl methyl sites for hydroxylation is 2. The fraction of sp³-hybridized carbons (Fsp3) is 0.389. The van der Waals surface area contributed by atoms with Crippen LogP contribution in [0.2, 0.25) is 0 Å². The van der Waals surface area contributed by atoms with Gasteiger partial charge in [-0.2, -0.15) is 5.10 Å². The SMILES string of the molecule is Cc1ccc(-c2ccc(=O)n(CC(=O)N3CCOCC3)n2)c(C)c1. The Hall–Kier alpha value is -2.47. The quantitative estimate of drug-likeness (QED) is 0.854. The van der Waals surface area contributed by atoms with Crippen LogP contribution < -0.4 is 5.56 Å². The lowest BCUT2D eigenvalue weighted by Gasteiger charge is -2.26. The van der Waals surface area contributed by atoms with Crippen LogP contribution in [0.5, 0.6) is 0 Å². The van der Waals surface area contributed by atoms with Gasteiger partial charge in [0.25, 0.3) is 5.56 Å². The van der Waals surface area contributed by atoms with Gasteiger partial charge >= 0.3 is 0 Å². The predicted octanol–water partition coefficient (Wildman–Crippen LogP) is 1.39. The van der Waals surface area contributed by atoms with Gasteiger partial charge < -0.3 is 9.64 Å². The molecule has 1 aliphatic heterocycles. The van der Waals surface area contributed by atoms with Gasteiger partial charge in [0.15, 0.2) is 0 Å². The van der Waals surface area contributed by atoms with Crippen molar-refractivity contribution in [2.45, 2.75) is 20.4 Å². The first-order valence-corrected chi connectivity index (χ1v) is 8.06. The summed E-state index contributed by atoms with van der Waals surface area (Å²) in [6, 6.07) is 9.25. The second-order valence-corrected chi connectivity index (χ2v) is 6.03. The van der Waals surface area contributed by atoms with Gasteiger partial charge in [0.05, 0.1) is 18.9 Å². The normalized spacial score (nSPS) is 14.7. The summed E-state index contributed by atoms with van der Waals surface area (Å²) in [5, 5.41) is 4.39. The van der Waals surface area contributed by atoms with Crippen molar-refractivity contribution in [3.8, 4) is 11.3 Å². The number of morpholine rings is 1. The van der Waals surface area contributed by atoms with Crippen LogP contribution in [0.15, 0.2) is 35.1 Å². The van der Waals surface area contributed by atoms with Crippen LogP contribution in [0.3, 0.4) is 0 Å². The monoisotopic (exact) mass is 327 g/mol. The molecule has 1 aromatic heterocycles. The summed E-state index contributed by atoms with van der Waals surface area (Å²) >= 11 is 0. The molecular weight excluding hydrogens is 306 g/mol. The lowest BCUT2D eigenvalue weighted by molar-refractivity contribution is -0.136. The summed E-state index contributed by atoms with van der Waals surface area (Å²) in [4.78, 5) is 26.1. The first-order valence-electron chi connectivity index (χ1n) is 8.06. The molecule has 3 rings (SSSR count). The Labute approximate surface area is 140 Å². The fourth-order valence-corrected chi connectivity index (χ4v) is 2.85. The van der Waals surface area contributed by atoms with Gasteiger partial charge in [0.2, 0.25) is 5.91 Å². The lowest BCUT2D eigenvalue weighted by atomic mass is 10.0. The largest absolute Gasteiger partial charge is 0.378 e. The molecule has 2 aromatic rings. The summed E-state index contributed by atoms with van der Waals surface area (Å²) in [5.74, 6) is -0.106. The van der Waals surface area contributed by atoms with Crippen molar-refractivity contribution in [2.75, 3.05) is 26.3 Å². The maximum absolute atomic E-state index is 12.3. The van der Waals surface area contributed by atoms with Crippen molar-refractivity contribution in [3.63, 3.8) is 0 Å². The zero-order valence-corrected chi connectivity index (χ0v) is 14.0. The van der Waals surface area contributed by atoms with Gasteiger partial charge in [-0.3, -0.25) is 9.59 Å². The lowest BCUT2D eigenvalue weighted by Crippen LogP contribution is -2.43. The first kappa shape index (κ1) is 16.4. The van der Waals surface area contributed by atoms with Crippen molar-refractivity contribution >= 4 is 5.91 Å². The number of hydrogen-bond donors (Lipinski definition) is 0. The zero-order valence-electron chi connectivity index (χ0n) is 14.0. The average Bonchev–Trinajstić information content (AvgIpc) is 2.58. The molecule has 1 aliphatic rings. The van der Waals surface area contributed by atoms with Gasteiger partial charge in [-0.1, -0.05) is 23.8 Å². The molecule has 126 valence electrons. The van der Waals surface area contributed by atoms with Crippen molar-refractivity contribution < 1.29 is 9.53 Å². The Balaban J connectivity index is 1.86. The molecule has 0 saturated carbocycles. The average molecular weight is 327 g/mol. The van der Waals surface area contributed by atoms with Crippen LogP contribution in [0.25, 0.3) is 11.3 Å². The minimum absolute atomic E-state index is 0.0441. The van der Waals surface area contributed by atoms with E-state index in [0.29, 0.717) is 32.0 Å². The number of carbonyl (C=O) groups excluding carboxylic acids is 1. The molecule has 24 heavy (non-hydrogen) atoms. The number of ether oxygens (including phenoxy) is 1. The van der Waals surface area contributed by atoms with Crippen LogP contribution in [-0.2, 0) is 16.1 Å². The number of amides is 1. The Morgan fingerprint density at radius 3 is 2.62 bits per heavy atom. The van der Waals surface area contributed by atoms with Crippen molar-refractivity contribution in [2.24, 2.45) is 0 Å². The summed E-state index contributed by atoms with van der Waals surface area (Å²) in [6.45, 7) is 6.20. The third kappa shape index (κ3) is 3.54. The Morgan fingerprint density at radius 2 is 1.92 bits per heavy atom. The molecule has 0 radical (unpaired) electrons. The van der Waals surface area contributed by atoms with Gasteiger partial charge in [-0.05, 0) is 25.5 Å². The second-order valence-electron chi connectivity index (χ2n) is 6.03. The number of carbonyl (C=O) groups is 1. The highest BCUT2D eigenvalue weighted by Crippen LogP contribution is 2.21. The molecule has 0 spiro atoms. The molecule has 1 amide bonds. The van der Waals surface area contributed by atoms with E-state index < -0.39 is 0 Å². The molecule has 0 aliphatic carbocycles. The predicted molar refractivity (Wildman–Crippen MR) is 90.8 cm³/mol. The number of aromatic nitrogens is 2.